The predicted octanol–water partition coefficient (Wildman–Crippen LogP) is 3.53. The minimum Gasteiger partial charge on any atom is -0.356 e. The first kappa shape index (κ1) is 24.1. The summed E-state index contributed by atoms with van der Waals surface area (Å²) in [5, 5.41) is 6.59. The monoisotopic (exact) mass is 500 g/mol. The lowest BCUT2D eigenvalue weighted by atomic mass is 9.84. The van der Waals surface area contributed by atoms with Gasteiger partial charge >= 0.3 is 0 Å². The number of nitrogens with zero attached hydrogens (tertiary/aromatic N) is 2. The third-order valence-corrected chi connectivity index (χ3v) is 4.54. The molecule has 0 radical (unpaired) electrons. The number of aryl methyl sites for hydroxylation is 1. The quantitative estimate of drug-likeness (QED) is 0.253. The molecule has 0 amide bonds. The van der Waals surface area contributed by atoms with Gasteiger partial charge in [0.2, 0.25) is 5.56 Å². The van der Waals surface area contributed by atoms with Crippen molar-refractivity contribution in [1.82, 2.24) is 15.2 Å². The summed E-state index contributed by atoms with van der Waals surface area (Å²) < 4.78 is 15.2. The Morgan fingerprint density at radius 1 is 1.14 bits per heavy atom. The van der Waals surface area contributed by atoms with E-state index in [0.717, 1.165) is 30.9 Å². The van der Waals surface area contributed by atoms with E-state index in [0.29, 0.717) is 13.1 Å². The van der Waals surface area contributed by atoms with Crippen LogP contribution in [-0.2, 0) is 12.0 Å². The van der Waals surface area contributed by atoms with Crippen molar-refractivity contribution in [2.75, 3.05) is 20.1 Å². The summed E-state index contributed by atoms with van der Waals surface area (Å²) in [4.78, 5) is 15.9. The van der Waals surface area contributed by atoms with Gasteiger partial charge in [0.05, 0.1) is 0 Å². The van der Waals surface area contributed by atoms with Crippen molar-refractivity contribution < 1.29 is 4.39 Å². The van der Waals surface area contributed by atoms with Gasteiger partial charge in [0.25, 0.3) is 0 Å². The molecule has 2 rings (SSSR count). The van der Waals surface area contributed by atoms with Crippen LogP contribution >= 0.6 is 24.0 Å². The molecule has 0 aliphatic heterocycles. The highest BCUT2D eigenvalue weighted by molar-refractivity contribution is 14.0. The number of halogens is 2. The van der Waals surface area contributed by atoms with Crippen LogP contribution in [0.1, 0.15) is 32.3 Å². The molecule has 0 aliphatic rings. The Bertz CT molecular complexity index is 820. The van der Waals surface area contributed by atoms with Gasteiger partial charge in [-0.25, -0.2) is 4.39 Å². The van der Waals surface area contributed by atoms with E-state index in [4.69, 9.17) is 0 Å². The molecular weight excluding hydrogens is 470 g/mol. The smallest absolute Gasteiger partial charge is 0.250 e. The fraction of sp³-hybridized carbons (Fsp3) is 0.429. The Balaban J connectivity index is 0.00000392. The Hall–Kier alpha value is -1.90. The Morgan fingerprint density at radius 2 is 1.93 bits per heavy atom. The van der Waals surface area contributed by atoms with Crippen LogP contribution in [0.4, 0.5) is 4.39 Å². The number of guanidine groups is 1. The molecule has 0 unspecified atom stereocenters. The number of aromatic nitrogens is 1. The number of hydrogen-bond donors (Lipinski definition) is 2. The van der Waals surface area contributed by atoms with E-state index in [-0.39, 0.29) is 40.8 Å². The van der Waals surface area contributed by atoms with Crippen molar-refractivity contribution in [1.29, 1.82) is 0 Å². The number of benzene rings is 1. The summed E-state index contributed by atoms with van der Waals surface area (Å²) in [7, 11) is 1.73. The number of nitrogens with one attached hydrogen (secondary N) is 2. The van der Waals surface area contributed by atoms with Crippen molar-refractivity contribution in [2.45, 2.75) is 38.6 Å². The molecule has 0 aliphatic carbocycles. The second-order valence-electron chi connectivity index (χ2n) is 7.19. The van der Waals surface area contributed by atoms with Gasteiger partial charge in [0, 0.05) is 44.4 Å². The molecule has 2 N–H and O–H groups in total. The summed E-state index contributed by atoms with van der Waals surface area (Å²) in [5.74, 6) is 0.497. The Morgan fingerprint density at radius 3 is 2.61 bits per heavy atom. The third-order valence-electron chi connectivity index (χ3n) is 4.54. The normalized spacial score (nSPS) is 11.6. The molecule has 0 bridgehead atoms. The van der Waals surface area contributed by atoms with Crippen LogP contribution in [0.25, 0.3) is 0 Å². The van der Waals surface area contributed by atoms with E-state index in [9.17, 15) is 9.18 Å². The summed E-state index contributed by atoms with van der Waals surface area (Å²) in [6, 6.07) is 11.9. The highest BCUT2D eigenvalue weighted by Crippen LogP contribution is 2.22. The summed E-state index contributed by atoms with van der Waals surface area (Å²) in [6.45, 7) is 6.25. The fourth-order valence-corrected chi connectivity index (χ4v) is 2.80. The summed E-state index contributed by atoms with van der Waals surface area (Å²) >= 11 is 0. The van der Waals surface area contributed by atoms with Crippen LogP contribution in [0.5, 0.6) is 0 Å². The van der Waals surface area contributed by atoms with Gasteiger partial charge in [-0.3, -0.25) is 9.79 Å². The summed E-state index contributed by atoms with van der Waals surface area (Å²) in [6.07, 6.45) is 3.64. The van der Waals surface area contributed by atoms with Gasteiger partial charge in [-0.1, -0.05) is 32.0 Å². The minimum absolute atomic E-state index is 0. The van der Waals surface area contributed by atoms with Crippen molar-refractivity contribution in [2.24, 2.45) is 4.99 Å². The zero-order valence-corrected chi connectivity index (χ0v) is 19.1. The molecule has 1 heterocycles. The van der Waals surface area contributed by atoms with E-state index in [1.54, 1.807) is 35.9 Å². The molecule has 5 nitrogen and oxygen atoms in total. The molecule has 1 aromatic heterocycles. The summed E-state index contributed by atoms with van der Waals surface area (Å²) in [5.41, 5.74) is 0.745. The highest BCUT2D eigenvalue weighted by Gasteiger charge is 2.21. The van der Waals surface area contributed by atoms with Gasteiger partial charge in [-0.15, -0.1) is 24.0 Å². The lowest BCUT2D eigenvalue weighted by Gasteiger charge is -2.27. The first-order chi connectivity index (χ1) is 12.9. The zero-order valence-electron chi connectivity index (χ0n) is 16.7. The van der Waals surface area contributed by atoms with E-state index in [2.05, 4.69) is 29.5 Å². The largest absolute Gasteiger partial charge is 0.356 e. The maximum Gasteiger partial charge on any atom is 0.250 e. The first-order valence-electron chi connectivity index (χ1n) is 9.28. The second kappa shape index (κ2) is 11.8. The lowest BCUT2D eigenvalue weighted by molar-refractivity contribution is 0.502. The van der Waals surface area contributed by atoms with Crippen LogP contribution in [-0.4, -0.2) is 30.7 Å². The van der Waals surface area contributed by atoms with Crippen molar-refractivity contribution in [3.05, 3.63) is 70.4 Å². The number of unbranched alkanes of at least 4 members (excludes halogenated alkanes) is 1. The van der Waals surface area contributed by atoms with E-state index in [1.807, 2.05) is 18.3 Å². The SMILES string of the molecule is CN=C(NCCCCn1ccccc1=O)NCC(C)(C)c1cccc(F)c1.I. The number of aliphatic imine (C=N–C) groups is 1. The molecule has 1 aromatic carbocycles. The minimum atomic E-state index is -0.228. The van der Waals surface area contributed by atoms with Gasteiger partial charge in [-0.2, -0.15) is 0 Å². The van der Waals surface area contributed by atoms with Crippen molar-refractivity contribution in [3.8, 4) is 0 Å². The van der Waals surface area contributed by atoms with Crippen LogP contribution in [0.15, 0.2) is 58.4 Å². The van der Waals surface area contributed by atoms with Crippen molar-refractivity contribution >= 4 is 29.9 Å². The average Bonchev–Trinajstić information content (AvgIpc) is 2.65. The molecule has 0 spiro atoms. The fourth-order valence-electron chi connectivity index (χ4n) is 2.80. The van der Waals surface area contributed by atoms with E-state index in [1.165, 1.54) is 6.07 Å². The number of hydrogen-bond acceptors (Lipinski definition) is 2. The molecule has 0 saturated heterocycles. The first-order valence-corrected chi connectivity index (χ1v) is 9.28. The van der Waals surface area contributed by atoms with E-state index >= 15 is 0 Å². The Kier molecular flexibility index (Phi) is 10.2. The molecular formula is C21H30FIN4O. The van der Waals surface area contributed by atoms with Gasteiger partial charge in [0.1, 0.15) is 5.82 Å². The van der Waals surface area contributed by atoms with Crippen LogP contribution in [0.2, 0.25) is 0 Å². The molecule has 0 saturated carbocycles. The average molecular weight is 500 g/mol. The highest BCUT2D eigenvalue weighted by atomic mass is 127. The molecule has 2 aromatic rings. The zero-order chi connectivity index (χ0) is 19.7. The maximum absolute atomic E-state index is 13.5. The molecule has 0 atom stereocenters. The third kappa shape index (κ3) is 7.61. The number of rotatable bonds is 8. The molecule has 154 valence electrons. The van der Waals surface area contributed by atoms with Crippen molar-refractivity contribution in [3.63, 3.8) is 0 Å². The lowest BCUT2D eigenvalue weighted by Crippen LogP contribution is -2.43. The van der Waals surface area contributed by atoms with E-state index < -0.39 is 0 Å². The topological polar surface area (TPSA) is 58.4 Å². The second-order valence-corrected chi connectivity index (χ2v) is 7.19. The number of pyridine rings is 1. The molecule has 28 heavy (non-hydrogen) atoms. The van der Waals surface area contributed by atoms with Crippen LogP contribution in [0.3, 0.4) is 0 Å². The van der Waals surface area contributed by atoms with Crippen LogP contribution in [0, 0.1) is 5.82 Å². The molecule has 7 heteroatoms. The van der Waals surface area contributed by atoms with Gasteiger partial charge < -0.3 is 15.2 Å². The van der Waals surface area contributed by atoms with Crippen LogP contribution < -0.4 is 16.2 Å². The standard InChI is InChI=1S/C21H29FN4O.HI/c1-21(2,17-9-8-10-18(22)15-17)16-25-20(23-3)24-12-5-7-14-26-13-6-4-11-19(26)27;/h4,6,8-11,13,15H,5,7,12,14,16H2,1-3H3,(H2,23,24,25);1H. The maximum atomic E-state index is 13.5. The Labute approximate surface area is 183 Å². The molecule has 0 fully saturated rings. The van der Waals surface area contributed by atoms with Gasteiger partial charge in [-0.05, 0) is 36.6 Å². The van der Waals surface area contributed by atoms with Gasteiger partial charge in [0.15, 0.2) is 5.96 Å². The predicted molar refractivity (Wildman–Crippen MR) is 124 cm³/mol.